The van der Waals surface area contributed by atoms with Crippen molar-refractivity contribution in [3.8, 4) is 11.4 Å². The maximum Gasteiger partial charge on any atom is 0.439 e. The van der Waals surface area contributed by atoms with Gasteiger partial charge in [-0.3, -0.25) is 23.9 Å². The van der Waals surface area contributed by atoms with Crippen LogP contribution in [0.25, 0.3) is 22.3 Å². The average Bonchev–Trinajstić information content (AvgIpc) is 3.60. The number of carbonyl (C=O) groups excluding carboxylic acids is 3. The number of amides is 2. The fraction of sp³-hybridized carbons (Fsp3) is 0.296. The predicted octanol–water partition coefficient (Wildman–Crippen LogP) is 4.59. The summed E-state index contributed by atoms with van der Waals surface area (Å²) in [7, 11) is 0. The molecule has 0 radical (unpaired) electrons. The fourth-order valence-electron chi connectivity index (χ4n) is 5.71. The predicted molar refractivity (Wildman–Crippen MR) is 145 cm³/mol. The molecule has 2 atom stereocenters. The Morgan fingerprint density at radius 3 is 2.46 bits per heavy atom. The number of carbonyl (C=O) groups is 3. The molecule has 3 heterocycles. The third-order valence-corrected chi connectivity index (χ3v) is 9.02. The molecular formula is C27H24BrN5O6. The molecular weight excluding hydrogens is 570 g/mol. The van der Waals surface area contributed by atoms with Crippen LogP contribution in [0.3, 0.4) is 0 Å². The summed E-state index contributed by atoms with van der Waals surface area (Å²) in [5.74, 6) is -1.75. The van der Waals surface area contributed by atoms with Crippen molar-refractivity contribution in [2.75, 3.05) is 10.6 Å². The summed E-state index contributed by atoms with van der Waals surface area (Å²) in [6.07, 6.45) is 1.01. The summed E-state index contributed by atoms with van der Waals surface area (Å²) in [5.41, 5.74) is -0.583. The van der Waals surface area contributed by atoms with E-state index in [1.807, 2.05) is 26.8 Å². The highest BCUT2D eigenvalue weighted by Crippen LogP contribution is 2.65. The summed E-state index contributed by atoms with van der Waals surface area (Å²) in [4.78, 5) is 56.5. The first kappa shape index (κ1) is 25.1. The lowest BCUT2D eigenvalue weighted by atomic mass is 9.66. The zero-order valence-corrected chi connectivity index (χ0v) is 22.8. The van der Waals surface area contributed by atoms with Crippen molar-refractivity contribution in [1.29, 1.82) is 0 Å². The number of rotatable bonds is 5. The van der Waals surface area contributed by atoms with E-state index in [1.54, 1.807) is 36.4 Å². The Morgan fingerprint density at radius 2 is 1.79 bits per heavy atom. The topological polar surface area (TPSA) is 159 Å². The van der Waals surface area contributed by atoms with Gasteiger partial charge in [0.05, 0.1) is 22.3 Å². The largest absolute Gasteiger partial charge is 0.448 e. The van der Waals surface area contributed by atoms with Gasteiger partial charge in [-0.05, 0) is 50.1 Å². The molecule has 39 heavy (non-hydrogen) atoms. The first-order valence-electron chi connectivity index (χ1n) is 12.3. The molecule has 1 saturated heterocycles. The lowest BCUT2D eigenvalue weighted by Crippen LogP contribution is -2.50. The van der Waals surface area contributed by atoms with Crippen LogP contribution in [-0.4, -0.2) is 38.5 Å². The molecule has 4 N–H and O–H groups in total. The lowest BCUT2D eigenvalue weighted by molar-refractivity contribution is -0.165. The highest BCUT2D eigenvalue weighted by molar-refractivity contribution is 9.10. The Balaban J connectivity index is 1.29. The van der Waals surface area contributed by atoms with Crippen molar-refractivity contribution in [1.82, 2.24) is 15.1 Å². The first-order valence-corrected chi connectivity index (χ1v) is 13.1. The third-order valence-electron chi connectivity index (χ3n) is 8.52. The number of hydrogen-bond acceptors (Lipinski definition) is 7. The second kappa shape index (κ2) is 8.40. The minimum absolute atomic E-state index is 0.163. The summed E-state index contributed by atoms with van der Waals surface area (Å²) in [5, 5.41) is 10.2. The molecule has 200 valence electrons. The number of halogens is 1. The summed E-state index contributed by atoms with van der Waals surface area (Å²) in [6.45, 7) is 5.64. The molecule has 12 heteroatoms. The third kappa shape index (κ3) is 3.58. The van der Waals surface area contributed by atoms with Gasteiger partial charge in [-0.25, -0.2) is 4.79 Å². The maximum absolute atomic E-state index is 13.6. The zero-order chi connectivity index (χ0) is 27.7. The molecule has 1 aliphatic carbocycles. The van der Waals surface area contributed by atoms with Crippen molar-refractivity contribution < 1.29 is 23.6 Å². The second-order valence-corrected chi connectivity index (χ2v) is 11.6. The summed E-state index contributed by atoms with van der Waals surface area (Å²) < 4.78 is 11.0. The van der Waals surface area contributed by atoms with Gasteiger partial charge < -0.3 is 20.4 Å². The number of para-hydroxylation sites is 1. The number of fused-ring (bicyclic) bond motifs is 3. The van der Waals surface area contributed by atoms with E-state index in [2.05, 4.69) is 46.2 Å². The normalized spacial score (nSPS) is 23.1. The Bertz CT molecular complexity index is 1750. The molecule has 4 aromatic rings. The lowest BCUT2D eigenvalue weighted by Gasteiger charge is -2.35. The molecule has 11 nitrogen and oxygen atoms in total. The van der Waals surface area contributed by atoms with E-state index in [-0.39, 0.29) is 17.5 Å². The quantitative estimate of drug-likeness (QED) is 0.246. The highest BCUT2D eigenvalue weighted by Gasteiger charge is 2.75. The molecule has 0 spiro atoms. The number of benzene rings is 2. The van der Waals surface area contributed by atoms with Gasteiger partial charge in [0, 0.05) is 20.8 Å². The zero-order valence-electron chi connectivity index (χ0n) is 21.2. The summed E-state index contributed by atoms with van der Waals surface area (Å²) in [6, 6.07) is 12.1. The van der Waals surface area contributed by atoms with Gasteiger partial charge in [0.2, 0.25) is 0 Å². The van der Waals surface area contributed by atoms with Crippen LogP contribution in [0.5, 0.6) is 0 Å². The van der Waals surface area contributed by atoms with Crippen molar-refractivity contribution in [3.63, 3.8) is 0 Å². The number of ether oxygens (including phenoxy) is 1. The van der Waals surface area contributed by atoms with Crippen molar-refractivity contribution in [3.05, 3.63) is 63.2 Å². The van der Waals surface area contributed by atoms with E-state index in [0.717, 1.165) is 0 Å². The van der Waals surface area contributed by atoms with Crippen LogP contribution in [0, 0.1) is 10.8 Å². The Morgan fingerprint density at radius 1 is 1.00 bits per heavy atom. The fourth-order valence-corrected chi connectivity index (χ4v) is 6.07. The minimum atomic E-state index is -1.27. The van der Waals surface area contributed by atoms with Crippen LogP contribution in [0.4, 0.5) is 11.4 Å². The SMILES string of the molecule is CC12CCC(C(=O)Nc3cccc4cc(C(=O)Nc5ccc(Br)cc5-c5noc(=O)[nH]5)[nH]c34)(OC1=O)C2(C)C. The molecule has 6 rings (SSSR count). The monoisotopic (exact) mass is 593 g/mol. The van der Waals surface area contributed by atoms with Gasteiger partial charge in [-0.15, -0.1) is 0 Å². The number of nitrogens with zero attached hydrogens (tertiary/aromatic N) is 1. The van der Waals surface area contributed by atoms with Crippen LogP contribution in [0.1, 0.15) is 44.1 Å². The van der Waals surface area contributed by atoms with Crippen LogP contribution in [0.15, 0.2) is 56.3 Å². The molecule has 2 amide bonds. The minimum Gasteiger partial charge on any atom is -0.448 e. The molecule has 1 aliphatic heterocycles. The number of hydrogen-bond donors (Lipinski definition) is 4. The van der Waals surface area contributed by atoms with E-state index in [9.17, 15) is 19.2 Å². The van der Waals surface area contributed by atoms with Crippen LogP contribution < -0.4 is 16.4 Å². The molecule has 2 fully saturated rings. The number of aromatic nitrogens is 3. The second-order valence-electron chi connectivity index (χ2n) is 10.7. The van der Waals surface area contributed by atoms with Gasteiger partial charge in [0.25, 0.3) is 11.8 Å². The average molecular weight is 594 g/mol. The molecule has 2 aromatic heterocycles. The molecule has 2 bridgehead atoms. The van der Waals surface area contributed by atoms with Gasteiger partial charge in [-0.2, -0.15) is 0 Å². The molecule has 2 aliphatic rings. The van der Waals surface area contributed by atoms with E-state index in [1.165, 1.54) is 0 Å². The maximum atomic E-state index is 13.6. The number of H-pyrrole nitrogens is 2. The standard InChI is InChI=1S/C27H24BrN5O6/c1-25(2)26(3)9-10-27(25,38-23(26)36)22(35)31-17-6-4-5-13-11-18(29-19(13)17)21(34)30-16-8-7-14(28)12-15(16)20-32-24(37)39-33-20/h4-8,11-12,29H,9-10H2,1-3H3,(H,30,34)(H,31,35)(H,32,33,37). The van der Waals surface area contributed by atoms with E-state index in [4.69, 9.17) is 4.74 Å². The Kier molecular flexibility index (Phi) is 5.41. The Hall–Kier alpha value is -4.19. The van der Waals surface area contributed by atoms with Gasteiger partial charge in [-0.1, -0.05) is 47.1 Å². The van der Waals surface area contributed by atoms with Crippen LogP contribution in [-0.2, 0) is 14.3 Å². The van der Waals surface area contributed by atoms with Crippen LogP contribution >= 0.6 is 15.9 Å². The van der Waals surface area contributed by atoms with Gasteiger partial charge >= 0.3 is 11.7 Å². The van der Waals surface area contributed by atoms with Gasteiger partial charge in [0.15, 0.2) is 11.4 Å². The molecule has 1 saturated carbocycles. The molecule has 2 aromatic carbocycles. The molecule has 2 unspecified atom stereocenters. The van der Waals surface area contributed by atoms with Crippen molar-refractivity contribution >= 4 is 56.0 Å². The van der Waals surface area contributed by atoms with Gasteiger partial charge in [0.1, 0.15) is 5.69 Å². The van der Waals surface area contributed by atoms with E-state index < -0.39 is 34.0 Å². The van der Waals surface area contributed by atoms with E-state index >= 15 is 0 Å². The smallest absolute Gasteiger partial charge is 0.439 e. The first-order chi connectivity index (χ1) is 18.4. The van der Waals surface area contributed by atoms with Crippen molar-refractivity contribution in [2.45, 2.75) is 39.2 Å². The number of nitrogens with one attached hydrogen (secondary N) is 4. The number of aromatic amines is 2. The number of anilines is 2. The number of esters is 1. The summed E-state index contributed by atoms with van der Waals surface area (Å²) >= 11 is 3.38. The Labute approximate surface area is 229 Å². The van der Waals surface area contributed by atoms with Crippen LogP contribution in [0.2, 0.25) is 0 Å². The van der Waals surface area contributed by atoms with E-state index in [0.29, 0.717) is 45.2 Å². The van der Waals surface area contributed by atoms with Crippen molar-refractivity contribution in [2.24, 2.45) is 10.8 Å². The highest BCUT2D eigenvalue weighted by atomic mass is 79.9.